The molecule has 1 atom stereocenters. The van der Waals surface area contributed by atoms with E-state index in [-0.39, 0.29) is 0 Å². The van der Waals surface area contributed by atoms with Crippen molar-refractivity contribution in [3.05, 3.63) is 125 Å². The molecule has 0 saturated carbocycles. The van der Waals surface area contributed by atoms with Crippen LogP contribution < -0.4 is 9.47 Å². The Kier molecular flexibility index (Phi) is 8.10. The Balaban J connectivity index is 0.000000265. The maximum absolute atomic E-state index is 5.84. The predicted molar refractivity (Wildman–Crippen MR) is 176 cm³/mol. The summed E-state index contributed by atoms with van der Waals surface area (Å²) in [5.41, 5.74) is 7.28. The molecule has 0 radical (unpaired) electrons. The minimum Gasteiger partial charge on any atom is -0.496 e. The van der Waals surface area contributed by atoms with E-state index in [0.29, 0.717) is 5.92 Å². The number of aromatic nitrogens is 1. The van der Waals surface area contributed by atoms with Crippen LogP contribution in [0.1, 0.15) is 53.0 Å². The van der Waals surface area contributed by atoms with E-state index in [0.717, 1.165) is 29.7 Å². The van der Waals surface area contributed by atoms with Gasteiger partial charge in [0.2, 0.25) is 0 Å². The molecule has 3 heteroatoms. The van der Waals surface area contributed by atoms with Crippen LogP contribution in [0.25, 0.3) is 32.3 Å². The Morgan fingerprint density at radius 1 is 0.738 bits per heavy atom. The van der Waals surface area contributed by atoms with Crippen LogP contribution in [0.15, 0.2) is 97.3 Å². The molecule has 1 aliphatic rings. The molecule has 0 aliphatic heterocycles. The smallest absolute Gasteiger partial charge is 0.131 e. The number of hydrogen-bond donors (Lipinski definition) is 0. The SMILES string of the molecule is COc1cccc2c1c(OC)cc1c3c(ccc12)C(CCc1ccc(C)c(C)c1)CCC3.c1ccc2cnccc2c1. The molecule has 0 amide bonds. The first-order valence-electron chi connectivity index (χ1n) is 15.0. The number of ether oxygens (including phenoxy) is 2. The van der Waals surface area contributed by atoms with Crippen LogP contribution in [0.5, 0.6) is 11.5 Å². The fourth-order valence-corrected chi connectivity index (χ4v) is 6.59. The van der Waals surface area contributed by atoms with Gasteiger partial charge in [-0.15, -0.1) is 0 Å². The molecule has 42 heavy (non-hydrogen) atoms. The minimum atomic E-state index is 0.622. The summed E-state index contributed by atoms with van der Waals surface area (Å²) in [6.07, 6.45) is 9.70. The maximum Gasteiger partial charge on any atom is 0.131 e. The molecule has 0 N–H and O–H groups in total. The van der Waals surface area contributed by atoms with Gasteiger partial charge in [0.05, 0.1) is 19.6 Å². The molecule has 0 fully saturated rings. The number of fused-ring (bicyclic) bond motifs is 6. The number of rotatable bonds is 5. The largest absolute Gasteiger partial charge is 0.496 e. The third-order valence-electron chi connectivity index (χ3n) is 8.99. The number of pyridine rings is 1. The Morgan fingerprint density at radius 3 is 2.36 bits per heavy atom. The second-order valence-corrected chi connectivity index (χ2v) is 11.5. The van der Waals surface area contributed by atoms with Gasteiger partial charge in [-0.1, -0.05) is 66.7 Å². The monoisotopic (exact) mass is 553 g/mol. The third kappa shape index (κ3) is 5.44. The summed E-state index contributed by atoms with van der Waals surface area (Å²) in [7, 11) is 3.49. The number of hydrogen-bond acceptors (Lipinski definition) is 3. The lowest BCUT2D eigenvalue weighted by Crippen LogP contribution is -2.11. The Hall–Kier alpha value is -4.37. The highest BCUT2D eigenvalue weighted by Crippen LogP contribution is 2.44. The topological polar surface area (TPSA) is 31.4 Å². The fourth-order valence-electron chi connectivity index (χ4n) is 6.59. The Labute approximate surface area is 249 Å². The molecule has 1 aromatic heterocycles. The van der Waals surface area contributed by atoms with Gasteiger partial charge in [-0.2, -0.15) is 0 Å². The average Bonchev–Trinajstić information content (AvgIpc) is 3.04. The van der Waals surface area contributed by atoms with Crippen LogP contribution in [0, 0.1) is 13.8 Å². The lowest BCUT2D eigenvalue weighted by molar-refractivity contribution is 0.405. The normalized spacial score (nSPS) is 14.3. The summed E-state index contributed by atoms with van der Waals surface area (Å²) >= 11 is 0. The molecule has 3 nitrogen and oxygen atoms in total. The van der Waals surface area contributed by atoms with E-state index in [1.54, 1.807) is 14.2 Å². The molecule has 7 rings (SSSR count). The van der Waals surface area contributed by atoms with Crippen molar-refractivity contribution in [2.75, 3.05) is 14.2 Å². The van der Waals surface area contributed by atoms with E-state index in [2.05, 4.69) is 79.5 Å². The van der Waals surface area contributed by atoms with Gasteiger partial charge in [-0.25, -0.2) is 0 Å². The summed E-state index contributed by atoms with van der Waals surface area (Å²) in [6.45, 7) is 4.41. The third-order valence-corrected chi connectivity index (χ3v) is 8.99. The number of nitrogens with zero attached hydrogens (tertiary/aromatic N) is 1. The van der Waals surface area contributed by atoms with Crippen LogP contribution in [0.3, 0.4) is 0 Å². The molecule has 0 bridgehead atoms. The first-order chi connectivity index (χ1) is 20.6. The first kappa shape index (κ1) is 27.8. The quantitative estimate of drug-likeness (QED) is 0.199. The van der Waals surface area contributed by atoms with Gasteiger partial charge < -0.3 is 9.47 Å². The van der Waals surface area contributed by atoms with E-state index in [4.69, 9.17) is 9.47 Å². The van der Waals surface area contributed by atoms with Crippen molar-refractivity contribution in [3.8, 4) is 11.5 Å². The highest BCUT2D eigenvalue weighted by molar-refractivity contribution is 6.13. The summed E-state index contributed by atoms with van der Waals surface area (Å²) in [5, 5.41) is 7.36. The summed E-state index contributed by atoms with van der Waals surface area (Å²) < 4.78 is 11.5. The zero-order chi connectivity index (χ0) is 29.1. The van der Waals surface area contributed by atoms with Crippen LogP contribution in [0.2, 0.25) is 0 Å². The highest BCUT2D eigenvalue weighted by Gasteiger charge is 2.23. The molecule has 0 spiro atoms. The Bertz CT molecular complexity index is 1810. The molecule has 1 heterocycles. The zero-order valence-electron chi connectivity index (χ0n) is 25.1. The molecular formula is C39H39NO2. The first-order valence-corrected chi connectivity index (χ1v) is 15.0. The Morgan fingerprint density at radius 2 is 1.57 bits per heavy atom. The van der Waals surface area contributed by atoms with E-state index in [9.17, 15) is 0 Å². The summed E-state index contributed by atoms with van der Waals surface area (Å²) in [5.74, 6) is 2.39. The van der Waals surface area contributed by atoms with Gasteiger partial charge in [0.25, 0.3) is 0 Å². The van der Waals surface area contributed by atoms with Crippen LogP contribution in [-0.2, 0) is 12.8 Å². The van der Waals surface area contributed by atoms with Crippen molar-refractivity contribution in [3.63, 3.8) is 0 Å². The lowest BCUT2D eigenvalue weighted by atomic mass is 9.77. The maximum atomic E-state index is 5.84. The molecule has 212 valence electrons. The van der Waals surface area contributed by atoms with Crippen molar-refractivity contribution in [1.29, 1.82) is 0 Å². The van der Waals surface area contributed by atoms with E-state index in [1.807, 2.05) is 36.7 Å². The number of methoxy groups -OCH3 is 2. The molecule has 0 saturated heterocycles. The van der Waals surface area contributed by atoms with Crippen LogP contribution in [0.4, 0.5) is 0 Å². The van der Waals surface area contributed by atoms with Crippen LogP contribution >= 0.6 is 0 Å². The van der Waals surface area contributed by atoms with Crippen LogP contribution in [-0.4, -0.2) is 19.2 Å². The van der Waals surface area contributed by atoms with Gasteiger partial charge in [-0.05, 0) is 125 Å². The molecule has 6 aromatic rings. The second-order valence-electron chi connectivity index (χ2n) is 11.5. The minimum absolute atomic E-state index is 0.622. The average molecular weight is 554 g/mol. The van der Waals surface area contributed by atoms with Gasteiger partial charge in [-0.3, -0.25) is 4.98 Å². The zero-order valence-corrected chi connectivity index (χ0v) is 25.1. The van der Waals surface area contributed by atoms with Crippen molar-refractivity contribution in [2.24, 2.45) is 0 Å². The number of benzene rings is 5. The summed E-state index contributed by atoms with van der Waals surface area (Å²) in [6, 6.07) is 30.4. The second kappa shape index (κ2) is 12.2. The van der Waals surface area contributed by atoms with Gasteiger partial charge >= 0.3 is 0 Å². The highest BCUT2D eigenvalue weighted by atomic mass is 16.5. The predicted octanol–water partition coefficient (Wildman–Crippen LogP) is 9.91. The molecular weight excluding hydrogens is 514 g/mol. The van der Waals surface area contributed by atoms with Gasteiger partial charge in [0, 0.05) is 12.4 Å². The van der Waals surface area contributed by atoms with Gasteiger partial charge in [0.1, 0.15) is 11.5 Å². The van der Waals surface area contributed by atoms with Crippen molar-refractivity contribution in [1.82, 2.24) is 4.98 Å². The van der Waals surface area contributed by atoms with E-state index < -0.39 is 0 Å². The molecule has 1 aliphatic carbocycles. The van der Waals surface area contributed by atoms with Crippen molar-refractivity contribution < 1.29 is 9.47 Å². The standard InChI is InChI=1S/C30H32O2.C9H7N/c1-19-11-12-21(17-20(19)2)13-14-22-7-5-8-24-23(22)15-16-25-26-9-6-10-28(31-3)30(26)29(32-4)18-27(24)25;1-2-4-9-7-10-6-5-8(9)3-1/h6,9-12,15-18,22H,5,7-8,13-14H2,1-4H3;1-7H. The summed E-state index contributed by atoms with van der Waals surface area (Å²) in [4.78, 5) is 4.01. The lowest BCUT2D eigenvalue weighted by Gasteiger charge is -2.27. The van der Waals surface area contributed by atoms with Crippen molar-refractivity contribution in [2.45, 2.75) is 51.9 Å². The van der Waals surface area contributed by atoms with E-state index in [1.165, 1.54) is 74.0 Å². The van der Waals surface area contributed by atoms with Crippen molar-refractivity contribution >= 4 is 32.3 Å². The molecule has 5 aromatic carbocycles. The number of aryl methyl sites for hydroxylation is 4. The molecule has 1 unspecified atom stereocenters. The van der Waals surface area contributed by atoms with Gasteiger partial charge in [0.15, 0.2) is 0 Å². The van der Waals surface area contributed by atoms with E-state index >= 15 is 0 Å². The fraction of sp³-hybridized carbons (Fsp3) is 0.256.